The number of carbonyl (C=O) groups is 1. The molecule has 70 valence electrons. The average Bonchev–Trinajstić information content (AvgIpc) is 2.15. The van der Waals surface area contributed by atoms with Crippen LogP contribution in [0.2, 0.25) is 0 Å². The van der Waals surface area contributed by atoms with Crippen LogP contribution >= 0.6 is 0 Å². The SMILES string of the molecule is O=C([O-])C(CCO)c1ccccc1.[Li+]. The predicted molar refractivity (Wildman–Crippen MR) is 45.9 cm³/mol. The first-order valence-corrected chi connectivity index (χ1v) is 4.12. The first-order valence-electron chi connectivity index (χ1n) is 4.12. The number of rotatable bonds is 4. The van der Waals surface area contributed by atoms with Crippen molar-refractivity contribution in [1.29, 1.82) is 0 Å². The molecular formula is C10H11LiO3. The molecule has 1 atom stereocenters. The van der Waals surface area contributed by atoms with Crippen molar-refractivity contribution in [3.63, 3.8) is 0 Å². The fraction of sp³-hybridized carbons (Fsp3) is 0.300. The zero-order chi connectivity index (χ0) is 9.68. The van der Waals surface area contributed by atoms with Crippen LogP contribution in [0.15, 0.2) is 30.3 Å². The van der Waals surface area contributed by atoms with Gasteiger partial charge in [-0.3, -0.25) is 0 Å². The maximum absolute atomic E-state index is 10.7. The molecule has 0 saturated carbocycles. The zero-order valence-corrected chi connectivity index (χ0v) is 8.14. The molecule has 0 aromatic heterocycles. The minimum atomic E-state index is -1.14. The third-order valence-corrected chi connectivity index (χ3v) is 1.90. The Balaban J connectivity index is 0.00000169. The van der Waals surface area contributed by atoms with Gasteiger partial charge < -0.3 is 15.0 Å². The van der Waals surface area contributed by atoms with E-state index in [1.165, 1.54) is 0 Å². The molecule has 1 rings (SSSR count). The molecule has 0 amide bonds. The summed E-state index contributed by atoms with van der Waals surface area (Å²) in [6.07, 6.45) is 0.201. The number of benzene rings is 1. The van der Waals surface area contributed by atoms with E-state index in [9.17, 15) is 9.90 Å². The summed E-state index contributed by atoms with van der Waals surface area (Å²) in [5, 5.41) is 19.3. The van der Waals surface area contributed by atoms with Crippen LogP contribution in [0.3, 0.4) is 0 Å². The minimum Gasteiger partial charge on any atom is -0.549 e. The van der Waals surface area contributed by atoms with Gasteiger partial charge in [-0.25, -0.2) is 0 Å². The smallest absolute Gasteiger partial charge is 0.549 e. The van der Waals surface area contributed by atoms with Crippen molar-refractivity contribution in [1.82, 2.24) is 0 Å². The van der Waals surface area contributed by atoms with E-state index in [0.717, 1.165) is 0 Å². The van der Waals surface area contributed by atoms with Gasteiger partial charge in [-0.2, -0.15) is 0 Å². The van der Waals surface area contributed by atoms with Gasteiger partial charge in [0.2, 0.25) is 0 Å². The molecular weight excluding hydrogens is 175 g/mol. The van der Waals surface area contributed by atoms with Crippen molar-refractivity contribution in [2.24, 2.45) is 0 Å². The van der Waals surface area contributed by atoms with E-state index >= 15 is 0 Å². The molecule has 1 N–H and O–H groups in total. The Kier molecular flexibility index (Phi) is 6.31. The first kappa shape index (κ1) is 13.2. The van der Waals surface area contributed by atoms with Crippen molar-refractivity contribution in [3.8, 4) is 0 Å². The van der Waals surface area contributed by atoms with Crippen LogP contribution in [0.5, 0.6) is 0 Å². The van der Waals surface area contributed by atoms with Crippen LogP contribution in [0.4, 0.5) is 0 Å². The largest absolute Gasteiger partial charge is 1.00 e. The normalized spacial score (nSPS) is 11.5. The average molecular weight is 186 g/mol. The number of aliphatic hydroxyl groups is 1. The minimum absolute atomic E-state index is 0. The van der Waals surface area contributed by atoms with Gasteiger partial charge in [0.15, 0.2) is 0 Å². The van der Waals surface area contributed by atoms with Crippen molar-refractivity contribution >= 4 is 5.97 Å². The van der Waals surface area contributed by atoms with E-state index in [2.05, 4.69) is 0 Å². The number of carboxylic acids is 1. The first-order chi connectivity index (χ1) is 6.25. The maximum atomic E-state index is 10.7. The summed E-state index contributed by atoms with van der Waals surface area (Å²) < 4.78 is 0. The second-order valence-electron chi connectivity index (χ2n) is 2.79. The quantitative estimate of drug-likeness (QED) is 0.507. The molecule has 1 aromatic rings. The van der Waals surface area contributed by atoms with E-state index in [-0.39, 0.29) is 31.9 Å². The van der Waals surface area contributed by atoms with Crippen molar-refractivity contribution < 1.29 is 33.9 Å². The molecule has 0 spiro atoms. The Morgan fingerprint density at radius 2 is 1.93 bits per heavy atom. The molecule has 0 aliphatic rings. The van der Waals surface area contributed by atoms with Crippen molar-refractivity contribution in [3.05, 3.63) is 35.9 Å². The summed E-state index contributed by atoms with van der Waals surface area (Å²) in [6, 6.07) is 8.78. The van der Waals surface area contributed by atoms with Crippen LogP contribution in [0.1, 0.15) is 17.9 Å². The number of hydrogen-bond donors (Lipinski definition) is 1. The Labute approximate surface area is 94.9 Å². The molecule has 0 bridgehead atoms. The Bertz CT molecular complexity index is 274. The zero-order valence-electron chi connectivity index (χ0n) is 8.14. The summed E-state index contributed by atoms with van der Waals surface area (Å²) in [6.45, 7) is -0.145. The molecule has 0 fully saturated rings. The number of carboxylic acid groups (broad SMARTS) is 1. The third-order valence-electron chi connectivity index (χ3n) is 1.90. The number of hydrogen-bond acceptors (Lipinski definition) is 3. The molecule has 0 radical (unpaired) electrons. The molecule has 4 heteroatoms. The van der Waals surface area contributed by atoms with E-state index in [1.54, 1.807) is 24.3 Å². The van der Waals surface area contributed by atoms with Crippen LogP contribution in [0.25, 0.3) is 0 Å². The summed E-state index contributed by atoms with van der Waals surface area (Å²) in [5.74, 6) is -1.84. The van der Waals surface area contributed by atoms with Crippen LogP contribution < -0.4 is 24.0 Å². The standard InChI is InChI=1S/C10H12O3.Li/c11-7-6-9(10(12)13)8-4-2-1-3-5-8;/h1-5,9,11H,6-7H2,(H,12,13);/q;+1/p-1. The molecule has 0 aliphatic heterocycles. The Hall–Kier alpha value is -0.753. The molecule has 14 heavy (non-hydrogen) atoms. The fourth-order valence-electron chi connectivity index (χ4n) is 1.24. The van der Waals surface area contributed by atoms with Gasteiger partial charge in [0.05, 0.1) is 0 Å². The van der Waals surface area contributed by atoms with Crippen molar-refractivity contribution in [2.75, 3.05) is 6.61 Å². The van der Waals surface area contributed by atoms with Crippen LogP contribution in [-0.4, -0.2) is 17.7 Å². The number of carbonyl (C=O) groups excluding carboxylic acids is 1. The van der Waals surface area contributed by atoms with Gasteiger partial charge in [0, 0.05) is 18.5 Å². The van der Waals surface area contributed by atoms with E-state index in [4.69, 9.17) is 5.11 Å². The number of aliphatic carboxylic acids is 1. The number of aliphatic hydroxyl groups excluding tert-OH is 1. The summed E-state index contributed by atoms with van der Waals surface area (Å²) >= 11 is 0. The Morgan fingerprint density at radius 1 is 1.36 bits per heavy atom. The van der Waals surface area contributed by atoms with E-state index < -0.39 is 11.9 Å². The topological polar surface area (TPSA) is 60.4 Å². The molecule has 0 heterocycles. The van der Waals surface area contributed by atoms with E-state index in [0.29, 0.717) is 5.56 Å². The van der Waals surface area contributed by atoms with Gasteiger partial charge in [0.1, 0.15) is 0 Å². The fourth-order valence-corrected chi connectivity index (χ4v) is 1.24. The van der Waals surface area contributed by atoms with Gasteiger partial charge in [-0.05, 0) is 12.0 Å². The van der Waals surface area contributed by atoms with Crippen molar-refractivity contribution in [2.45, 2.75) is 12.3 Å². The Morgan fingerprint density at radius 3 is 2.36 bits per heavy atom. The summed E-state index contributed by atoms with van der Waals surface area (Å²) in [7, 11) is 0. The molecule has 3 nitrogen and oxygen atoms in total. The monoisotopic (exact) mass is 186 g/mol. The van der Waals surface area contributed by atoms with Gasteiger partial charge >= 0.3 is 18.9 Å². The second kappa shape index (κ2) is 6.66. The van der Waals surface area contributed by atoms with Gasteiger partial charge in [-0.1, -0.05) is 30.3 Å². The molecule has 0 saturated heterocycles. The van der Waals surface area contributed by atoms with Gasteiger partial charge in [-0.15, -0.1) is 0 Å². The second-order valence-corrected chi connectivity index (χ2v) is 2.79. The summed E-state index contributed by atoms with van der Waals surface area (Å²) in [5.41, 5.74) is 0.677. The summed E-state index contributed by atoms with van der Waals surface area (Å²) in [4.78, 5) is 10.7. The predicted octanol–water partition coefficient (Wildman–Crippen LogP) is -3.09. The van der Waals surface area contributed by atoms with E-state index in [1.807, 2.05) is 6.07 Å². The maximum Gasteiger partial charge on any atom is 1.00 e. The molecule has 0 aliphatic carbocycles. The van der Waals surface area contributed by atoms with Crippen LogP contribution in [-0.2, 0) is 4.79 Å². The molecule has 1 unspecified atom stereocenters. The third kappa shape index (κ3) is 3.55. The molecule has 1 aromatic carbocycles. The van der Waals surface area contributed by atoms with Gasteiger partial charge in [0.25, 0.3) is 0 Å². The van der Waals surface area contributed by atoms with Crippen LogP contribution in [0, 0.1) is 0 Å².